The smallest absolute Gasteiger partial charge is 0.256 e. The summed E-state index contributed by atoms with van der Waals surface area (Å²) in [7, 11) is 0. The first kappa shape index (κ1) is 12.0. The summed E-state index contributed by atoms with van der Waals surface area (Å²) in [4.78, 5) is 12.7. The van der Waals surface area contributed by atoms with E-state index in [4.69, 9.17) is 11.6 Å². The number of nitrogens with zero attached hydrogens (tertiary/aromatic N) is 6. The minimum atomic E-state index is 0.128. The van der Waals surface area contributed by atoms with Crippen molar-refractivity contribution < 1.29 is 0 Å². The minimum absolute atomic E-state index is 0.128. The number of benzene rings is 1. The second-order valence-corrected chi connectivity index (χ2v) is 4.74. The van der Waals surface area contributed by atoms with Gasteiger partial charge in [0, 0.05) is 24.0 Å². The van der Waals surface area contributed by atoms with Crippen LogP contribution >= 0.6 is 11.6 Å². The van der Waals surface area contributed by atoms with Gasteiger partial charge in [0.25, 0.3) is 5.95 Å². The Hall–Kier alpha value is -2.73. The van der Waals surface area contributed by atoms with Crippen LogP contribution in [0.15, 0.2) is 55.0 Å². The summed E-state index contributed by atoms with van der Waals surface area (Å²) >= 11 is 6.02. The van der Waals surface area contributed by atoms with Gasteiger partial charge in [-0.15, -0.1) is 0 Å². The van der Waals surface area contributed by atoms with E-state index < -0.39 is 0 Å². The lowest BCUT2D eigenvalue weighted by Gasteiger charge is -2.06. The van der Waals surface area contributed by atoms with Crippen molar-refractivity contribution >= 4 is 22.5 Å². The van der Waals surface area contributed by atoms with Crippen LogP contribution in [0.5, 0.6) is 0 Å². The normalized spacial score (nSPS) is 11.1. The van der Waals surface area contributed by atoms with Crippen molar-refractivity contribution in [2.24, 2.45) is 0 Å². The maximum atomic E-state index is 6.02. The molecule has 102 valence electrons. The molecule has 0 spiro atoms. The molecular weight excluding hydrogens is 288 g/mol. The summed E-state index contributed by atoms with van der Waals surface area (Å²) in [5, 5.41) is 5.34. The van der Waals surface area contributed by atoms with E-state index in [9.17, 15) is 0 Å². The Labute approximate surface area is 124 Å². The summed E-state index contributed by atoms with van der Waals surface area (Å²) in [5.41, 5.74) is 1.01. The molecular formula is C14H9ClN6. The highest BCUT2D eigenvalue weighted by molar-refractivity contribution is 6.28. The predicted octanol–water partition coefficient (Wildman–Crippen LogP) is 2.65. The molecule has 21 heavy (non-hydrogen) atoms. The molecule has 1 aromatic carbocycles. The van der Waals surface area contributed by atoms with Gasteiger partial charge in [-0.2, -0.15) is 20.1 Å². The second kappa shape index (κ2) is 4.68. The van der Waals surface area contributed by atoms with Gasteiger partial charge in [0.15, 0.2) is 0 Å². The van der Waals surface area contributed by atoms with E-state index in [1.807, 2.05) is 41.1 Å². The summed E-state index contributed by atoms with van der Waals surface area (Å²) in [6, 6.07) is 11.8. The maximum absolute atomic E-state index is 6.02. The number of fused-ring (bicyclic) bond motifs is 1. The molecule has 3 aromatic heterocycles. The van der Waals surface area contributed by atoms with Gasteiger partial charge in [-0.1, -0.05) is 18.2 Å². The first-order valence-corrected chi connectivity index (χ1v) is 6.67. The number of aromatic nitrogens is 6. The Morgan fingerprint density at radius 2 is 1.71 bits per heavy atom. The van der Waals surface area contributed by atoms with Gasteiger partial charge in [-0.05, 0) is 29.8 Å². The molecule has 0 bridgehead atoms. The Morgan fingerprint density at radius 1 is 0.857 bits per heavy atom. The van der Waals surface area contributed by atoms with Crippen LogP contribution in [-0.4, -0.2) is 29.3 Å². The van der Waals surface area contributed by atoms with Gasteiger partial charge < -0.3 is 0 Å². The van der Waals surface area contributed by atoms with Crippen LogP contribution in [0.1, 0.15) is 0 Å². The quantitative estimate of drug-likeness (QED) is 0.570. The highest BCUT2D eigenvalue weighted by Crippen LogP contribution is 2.19. The van der Waals surface area contributed by atoms with E-state index in [1.54, 1.807) is 23.1 Å². The predicted molar refractivity (Wildman–Crippen MR) is 78.8 cm³/mol. The lowest BCUT2D eigenvalue weighted by molar-refractivity contribution is 0.778. The second-order valence-electron chi connectivity index (χ2n) is 4.40. The summed E-state index contributed by atoms with van der Waals surface area (Å²) < 4.78 is 3.42. The summed E-state index contributed by atoms with van der Waals surface area (Å²) in [5.74, 6) is 0.842. The van der Waals surface area contributed by atoms with E-state index in [2.05, 4.69) is 20.1 Å². The van der Waals surface area contributed by atoms with Gasteiger partial charge in [0.1, 0.15) is 0 Å². The molecule has 0 aliphatic carbocycles. The highest BCUT2D eigenvalue weighted by Gasteiger charge is 2.10. The zero-order chi connectivity index (χ0) is 14.2. The van der Waals surface area contributed by atoms with Crippen molar-refractivity contribution in [3.63, 3.8) is 0 Å². The van der Waals surface area contributed by atoms with Gasteiger partial charge in [-0.3, -0.25) is 4.57 Å². The van der Waals surface area contributed by atoms with Gasteiger partial charge in [-0.25, -0.2) is 4.68 Å². The molecule has 0 saturated heterocycles. The van der Waals surface area contributed by atoms with Crippen LogP contribution in [-0.2, 0) is 0 Å². The van der Waals surface area contributed by atoms with Crippen LogP contribution in [0.3, 0.4) is 0 Å². The lowest BCUT2D eigenvalue weighted by atomic mass is 10.2. The molecule has 0 unspecified atom stereocenters. The average molecular weight is 297 g/mol. The fourth-order valence-electron chi connectivity index (χ4n) is 2.18. The zero-order valence-electron chi connectivity index (χ0n) is 10.8. The third-order valence-corrected chi connectivity index (χ3v) is 3.28. The van der Waals surface area contributed by atoms with Crippen molar-refractivity contribution in [2.75, 3.05) is 0 Å². The number of hydrogen-bond donors (Lipinski definition) is 0. The Morgan fingerprint density at radius 3 is 2.57 bits per heavy atom. The van der Waals surface area contributed by atoms with E-state index in [1.165, 1.54) is 0 Å². The highest BCUT2D eigenvalue weighted by atomic mass is 35.5. The molecule has 6 nitrogen and oxygen atoms in total. The average Bonchev–Trinajstić information content (AvgIpc) is 3.16. The van der Waals surface area contributed by atoms with E-state index >= 15 is 0 Å². The Kier molecular flexibility index (Phi) is 2.68. The van der Waals surface area contributed by atoms with Gasteiger partial charge in [0.2, 0.25) is 11.2 Å². The fraction of sp³-hybridized carbons (Fsp3) is 0. The van der Waals surface area contributed by atoms with E-state index in [0.717, 1.165) is 10.9 Å². The summed E-state index contributed by atoms with van der Waals surface area (Å²) in [6.07, 6.45) is 5.31. The number of halogens is 1. The molecule has 0 radical (unpaired) electrons. The molecule has 3 heterocycles. The molecule has 0 aliphatic heterocycles. The Balaban J connectivity index is 1.93. The van der Waals surface area contributed by atoms with Crippen molar-refractivity contribution in [3.8, 4) is 11.9 Å². The molecule has 0 amide bonds. The van der Waals surface area contributed by atoms with Gasteiger partial charge in [0.05, 0.1) is 5.52 Å². The minimum Gasteiger partial charge on any atom is -0.285 e. The number of hydrogen-bond acceptors (Lipinski definition) is 4. The topological polar surface area (TPSA) is 61.4 Å². The third-order valence-electron chi connectivity index (χ3n) is 3.11. The number of rotatable bonds is 2. The number of para-hydroxylation sites is 1. The molecule has 0 saturated carbocycles. The maximum Gasteiger partial charge on any atom is 0.256 e. The van der Waals surface area contributed by atoms with Crippen molar-refractivity contribution in [1.82, 2.24) is 29.3 Å². The molecule has 0 N–H and O–H groups in total. The van der Waals surface area contributed by atoms with Crippen molar-refractivity contribution in [2.45, 2.75) is 0 Å². The van der Waals surface area contributed by atoms with Crippen LogP contribution in [0, 0.1) is 0 Å². The molecule has 4 rings (SSSR count). The van der Waals surface area contributed by atoms with Crippen molar-refractivity contribution in [1.29, 1.82) is 0 Å². The van der Waals surface area contributed by atoms with Crippen LogP contribution in [0.2, 0.25) is 5.28 Å². The largest absolute Gasteiger partial charge is 0.285 e. The van der Waals surface area contributed by atoms with E-state index in [0.29, 0.717) is 11.9 Å². The summed E-state index contributed by atoms with van der Waals surface area (Å²) in [6.45, 7) is 0. The molecule has 7 heteroatoms. The van der Waals surface area contributed by atoms with Crippen LogP contribution in [0.4, 0.5) is 0 Å². The zero-order valence-corrected chi connectivity index (χ0v) is 11.5. The lowest BCUT2D eigenvalue weighted by Crippen LogP contribution is -2.08. The Bertz CT molecular complexity index is 912. The first-order chi connectivity index (χ1) is 10.3. The van der Waals surface area contributed by atoms with Crippen LogP contribution in [0.25, 0.3) is 22.8 Å². The standard InChI is InChI=1S/C14H9ClN6/c15-12-17-13(19-14(18-12)21-8-3-7-16-21)20-9-6-10-4-1-2-5-11(10)20/h1-9H. The third kappa shape index (κ3) is 2.05. The fourth-order valence-corrected chi connectivity index (χ4v) is 2.34. The van der Waals surface area contributed by atoms with Crippen LogP contribution < -0.4 is 0 Å². The molecule has 0 fully saturated rings. The molecule has 0 atom stereocenters. The SMILES string of the molecule is Clc1nc(-n2cccn2)nc(-n2ccc3ccccc32)n1. The molecule has 4 aromatic rings. The van der Waals surface area contributed by atoms with E-state index in [-0.39, 0.29) is 5.28 Å². The van der Waals surface area contributed by atoms with Gasteiger partial charge >= 0.3 is 0 Å². The monoisotopic (exact) mass is 296 g/mol. The van der Waals surface area contributed by atoms with Crippen molar-refractivity contribution in [3.05, 3.63) is 60.3 Å². The molecule has 0 aliphatic rings. The first-order valence-electron chi connectivity index (χ1n) is 6.29.